The number of rotatable bonds is 5. The van der Waals surface area contributed by atoms with Gasteiger partial charge in [-0.25, -0.2) is 0 Å². The summed E-state index contributed by atoms with van der Waals surface area (Å²) in [6, 6.07) is 15.1. The molecule has 2 heterocycles. The predicted octanol–water partition coefficient (Wildman–Crippen LogP) is 4.53. The predicted molar refractivity (Wildman–Crippen MR) is 132 cm³/mol. The standard InChI is InChI=1S/C27H31N3O4/c1-27(26(32)28-19-9-5-4-6-10-19)17-29-22-16-20(33-2)14-13-18(22)15-23(29)25(31)30(27)21-11-7-8-12-24(21)34-3/h7-8,11-16,19H,4-6,9-10,17H2,1-3H3,(H,28,32)/t27-/m0/s1. The SMILES string of the molecule is COc1ccc2cc3n(c2c1)C[C@@](C)(C(=O)NC1CCCCC1)N(c1ccccc1OC)C3=O. The number of methoxy groups -OCH3 is 2. The van der Waals surface area contributed by atoms with Crippen LogP contribution in [0.1, 0.15) is 49.5 Å². The van der Waals surface area contributed by atoms with Gasteiger partial charge in [-0.05, 0) is 50.1 Å². The number of ether oxygens (including phenoxy) is 2. The van der Waals surface area contributed by atoms with E-state index in [-0.39, 0.29) is 17.9 Å². The highest BCUT2D eigenvalue weighted by atomic mass is 16.5. The van der Waals surface area contributed by atoms with Crippen molar-refractivity contribution in [3.05, 3.63) is 54.2 Å². The molecule has 3 aromatic rings. The summed E-state index contributed by atoms with van der Waals surface area (Å²) in [5.41, 5.74) is 0.854. The van der Waals surface area contributed by atoms with Crippen molar-refractivity contribution in [2.45, 2.75) is 57.2 Å². The Labute approximate surface area is 199 Å². The van der Waals surface area contributed by atoms with Crippen molar-refractivity contribution in [2.24, 2.45) is 0 Å². The minimum Gasteiger partial charge on any atom is -0.497 e. The lowest BCUT2D eigenvalue weighted by Gasteiger charge is -2.45. The molecule has 178 valence electrons. The van der Waals surface area contributed by atoms with E-state index < -0.39 is 5.54 Å². The molecule has 0 radical (unpaired) electrons. The second-order valence-corrected chi connectivity index (χ2v) is 9.44. The monoisotopic (exact) mass is 461 g/mol. The summed E-state index contributed by atoms with van der Waals surface area (Å²) in [4.78, 5) is 29.6. The highest BCUT2D eigenvalue weighted by Gasteiger charge is 2.49. The van der Waals surface area contributed by atoms with Crippen LogP contribution in [0.25, 0.3) is 10.9 Å². The lowest BCUT2D eigenvalue weighted by Crippen LogP contribution is -2.65. The van der Waals surface area contributed by atoms with E-state index in [1.54, 1.807) is 19.1 Å². The second-order valence-electron chi connectivity index (χ2n) is 9.44. The molecule has 1 aliphatic carbocycles. The molecular formula is C27H31N3O4. The zero-order valence-electron chi connectivity index (χ0n) is 20.0. The van der Waals surface area contributed by atoms with Gasteiger partial charge in [-0.1, -0.05) is 31.4 Å². The van der Waals surface area contributed by atoms with Crippen LogP contribution in [-0.2, 0) is 11.3 Å². The number of nitrogens with zero attached hydrogens (tertiary/aromatic N) is 2. The third-order valence-corrected chi connectivity index (χ3v) is 7.25. The molecule has 0 unspecified atom stereocenters. The number of amides is 2. The van der Waals surface area contributed by atoms with Crippen LogP contribution in [0.4, 0.5) is 5.69 Å². The molecule has 7 nitrogen and oxygen atoms in total. The summed E-state index contributed by atoms with van der Waals surface area (Å²) < 4.78 is 13.0. The van der Waals surface area contributed by atoms with Gasteiger partial charge in [0.25, 0.3) is 5.91 Å². The van der Waals surface area contributed by atoms with Gasteiger partial charge >= 0.3 is 0 Å². The van der Waals surface area contributed by atoms with Gasteiger partial charge in [0.1, 0.15) is 22.7 Å². The molecule has 0 saturated heterocycles. The Bertz CT molecular complexity index is 1240. The van der Waals surface area contributed by atoms with E-state index >= 15 is 0 Å². The molecule has 2 aromatic carbocycles. The van der Waals surface area contributed by atoms with E-state index in [1.165, 1.54) is 6.42 Å². The Kier molecular flexibility index (Phi) is 5.71. The number of hydrogen-bond donors (Lipinski definition) is 1. The van der Waals surface area contributed by atoms with Crippen LogP contribution in [0.2, 0.25) is 0 Å². The number of para-hydroxylation sites is 2. The summed E-state index contributed by atoms with van der Waals surface area (Å²) in [5, 5.41) is 4.20. The normalized spacial score (nSPS) is 20.8. The number of anilines is 1. The summed E-state index contributed by atoms with van der Waals surface area (Å²) in [6.07, 6.45) is 5.38. The maximum atomic E-state index is 14.1. The Balaban J connectivity index is 1.65. The number of carbonyl (C=O) groups is 2. The van der Waals surface area contributed by atoms with Crippen molar-refractivity contribution < 1.29 is 19.1 Å². The van der Waals surface area contributed by atoms with Crippen LogP contribution in [-0.4, -0.2) is 42.2 Å². The first-order valence-electron chi connectivity index (χ1n) is 11.9. The molecule has 5 rings (SSSR count). The van der Waals surface area contributed by atoms with Gasteiger partial charge in [-0.2, -0.15) is 0 Å². The van der Waals surface area contributed by atoms with Gasteiger partial charge in [0.15, 0.2) is 0 Å². The average Bonchev–Trinajstić information content (AvgIpc) is 3.22. The fourth-order valence-electron chi connectivity index (χ4n) is 5.38. The molecule has 1 aliphatic heterocycles. The van der Waals surface area contributed by atoms with Gasteiger partial charge < -0.3 is 19.4 Å². The number of benzene rings is 2. The van der Waals surface area contributed by atoms with E-state index in [0.717, 1.165) is 36.6 Å². The highest BCUT2D eigenvalue weighted by Crippen LogP contribution is 2.40. The number of fused-ring (bicyclic) bond motifs is 3. The van der Waals surface area contributed by atoms with E-state index in [9.17, 15) is 9.59 Å². The molecule has 2 aliphatic rings. The smallest absolute Gasteiger partial charge is 0.276 e. The van der Waals surface area contributed by atoms with Crippen LogP contribution >= 0.6 is 0 Å². The molecule has 0 spiro atoms. The Morgan fingerprint density at radius 2 is 1.79 bits per heavy atom. The molecule has 7 heteroatoms. The summed E-state index contributed by atoms with van der Waals surface area (Å²) in [6.45, 7) is 2.17. The van der Waals surface area contributed by atoms with Crippen molar-refractivity contribution in [1.82, 2.24) is 9.88 Å². The van der Waals surface area contributed by atoms with Crippen molar-refractivity contribution in [2.75, 3.05) is 19.1 Å². The molecule has 34 heavy (non-hydrogen) atoms. The fraction of sp³-hybridized carbons (Fsp3) is 0.407. The number of hydrogen-bond acceptors (Lipinski definition) is 4. The zero-order valence-corrected chi connectivity index (χ0v) is 20.0. The van der Waals surface area contributed by atoms with Crippen LogP contribution in [0.5, 0.6) is 11.5 Å². The lowest BCUT2D eigenvalue weighted by molar-refractivity contribution is -0.127. The third kappa shape index (κ3) is 3.59. The maximum absolute atomic E-state index is 14.1. The summed E-state index contributed by atoms with van der Waals surface area (Å²) >= 11 is 0. The Morgan fingerprint density at radius 3 is 2.53 bits per heavy atom. The van der Waals surface area contributed by atoms with Gasteiger partial charge in [0.2, 0.25) is 5.91 Å². The van der Waals surface area contributed by atoms with Crippen molar-refractivity contribution >= 4 is 28.4 Å². The van der Waals surface area contributed by atoms with Crippen LogP contribution in [0, 0.1) is 0 Å². The number of nitrogens with one attached hydrogen (secondary N) is 1. The van der Waals surface area contributed by atoms with Gasteiger partial charge in [0.05, 0.1) is 32.0 Å². The minimum atomic E-state index is -1.15. The quantitative estimate of drug-likeness (QED) is 0.606. The molecule has 1 fully saturated rings. The molecule has 1 saturated carbocycles. The summed E-state index contributed by atoms with van der Waals surface area (Å²) in [7, 11) is 3.20. The molecule has 1 aromatic heterocycles. The Hall–Kier alpha value is -3.48. The maximum Gasteiger partial charge on any atom is 0.276 e. The first-order valence-corrected chi connectivity index (χ1v) is 11.9. The van der Waals surface area contributed by atoms with E-state index in [2.05, 4.69) is 5.32 Å². The first-order chi connectivity index (χ1) is 16.5. The minimum absolute atomic E-state index is 0.135. The van der Waals surface area contributed by atoms with E-state index in [0.29, 0.717) is 29.4 Å². The summed E-state index contributed by atoms with van der Waals surface area (Å²) in [5.74, 6) is 0.890. The van der Waals surface area contributed by atoms with Gasteiger partial charge in [0, 0.05) is 17.5 Å². The van der Waals surface area contributed by atoms with Crippen molar-refractivity contribution in [3.8, 4) is 11.5 Å². The van der Waals surface area contributed by atoms with Crippen molar-refractivity contribution in [1.29, 1.82) is 0 Å². The molecule has 0 bridgehead atoms. The lowest BCUT2D eigenvalue weighted by atomic mass is 9.91. The van der Waals surface area contributed by atoms with Crippen LogP contribution in [0.3, 0.4) is 0 Å². The molecule has 2 amide bonds. The second kappa shape index (κ2) is 8.70. The first kappa shape index (κ1) is 22.3. The highest BCUT2D eigenvalue weighted by molar-refractivity contribution is 6.14. The average molecular weight is 462 g/mol. The van der Waals surface area contributed by atoms with Crippen molar-refractivity contribution in [3.63, 3.8) is 0 Å². The van der Waals surface area contributed by atoms with E-state index in [1.807, 2.05) is 60.0 Å². The van der Waals surface area contributed by atoms with Crippen LogP contribution < -0.4 is 19.7 Å². The fourth-order valence-corrected chi connectivity index (χ4v) is 5.38. The van der Waals surface area contributed by atoms with Gasteiger partial charge in [-0.15, -0.1) is 0 Å². The molecular weight excluding hydrogens is 430 g/mol. The topological polar surface area (TPSA) is 72.8 Å². The number of aromatic nitrogens is 1. The largest absolute Gasteiger partial charge is 0.497 e. The molecule has 1 atom stereocenters. The van der Waals surface area contributed by atoms with Gasteiger partial charge in [-0.3, -0.25) is 14.5 Å². The zero-order chi connectivity index (χ0) is 23.9. The number of carbonyl (C=O) groups excluding carboxylic acids is 2. The van der Waals surface area contributed by atoms with Crippen LogP contribution in [0.15, 0.2) is 48.5 Å². The Morgan fingerprint density at radius 1 is 1.03 bits per heavy atom. The van der Waals surface area contributed by atoms with E-state index in [4.69, 9.17) is 9.47 Å². The third-order valence-electron chi connectivity index (χ3n) is 7.25. The molecule has 1 N–H and O–H groups in total.